The average Bonchev–Trinajstić information content (AvgIpc) is 3.07. The lowest BCUT2D eigenvalue weighted by Gasteiger charge is -2.29. The highest BCUT2D eigenvalue weighted by molar-refractivity contribution is 5.74. The van der Waals surface area contributed by atoms with Crippen LogP contribution in [0.5, 0.6) is 0 Å². The molecule has 0 aliphatic carbocycles. The molecule has 0 radical (unpaired) electrons. The largest absolute Gasteiger partial charge is 0.381 e. The molecule has 2 aromatic rings. The molecule has 2 aliphatic rings. The van der Waals surface area contributed by atoms with Crippen LogP contribution in [-0.4, -0.2) is 47.4 Å². The van der Waals surface area contributed by atoms with Crippen LogP contribution in [0.25, 0.3) is 0 Å². The summed E-state index contributed by atoms with van der Waals surface area (Å²) in [6.45, 7) is 4.64. The molecule has 4 rings (SSSR count). The van der Waals surface area contributed by atoms with Crippen LogP contribution in [0.4, 0.5) is 11.5 Å². The SMILES string of the molecule is CC(=O)N1CCc2c(c(N(C)c3ccccc3)nn2C2CCOCC2)C1. The molecular weight excluding hydrogens is 328 g/mol. The second-order valence-corrected chi connectivity index (χ2v) is 7.12. The third-order valence-corrected chi connectivity index (χ3v) is 5.51. The molecule has 0 spiro atoms. The molecule has 1 aromatic carbocycles. The predicted octanol–water partition coefficient (Wildman–Crippen LogP) is 2.91. The monoisotopic (exact) mass is 354 g/mol. The predicted molar refractivity (Wildman–Crippen MR) is 101 cm³/mol. The van der Waals surface area contributed by atoms with Crippen molar-refractivity contribution in [3.63, 3.8) is 0 Å². The molecule has 1 amide bonds. The standard InChI is InChI=1S/C20H26N4O2/c1-15(25)23-11-8-19-18(14-23)20(22(2)16-6-4-3-5-7-16)21-24(19)17-9-12-26-13-10-17/h3-7,17H,8-14H2,1-2H3. The summed E-state index contributed by atoms with van der Waals surface area (Å²) in [6, 6.07) is 10.7. The van der Waals surface area contributed by atoms with Gasteiger partial charge in [-0.25, -0.2) is 0 Å². The van der Waals surface area contributed by atoms with Crippen molar-refractivity contribution in [3.05, 3.63) is 41.6 Å². The molecule has 26 heavy (non-hydrogen) atoms. The van der Waals surface area contributed by atoms with Crippen LogP contribution in [0.15, 0.2) is 30.3 Å². The van der Waals surface area contributed by atoms with Gasteiger partial charge in [0.1, 0.15) is 0 Å². The van der Waals surface area contributed by atoms with E-state index in [2.05, 4.69) is 28.8 Å². The lowest BCUT2D eigenvalue weighted by Crippen LogP contribution is -2.35. The van der Waals surface area contributed by atoms with E-state index in [1.807, 2.05) is 23.1 Å². The summed E-state index contributed by atoms with van der Waals surface area (Å²) in [5.74, 6) is 1.09. The van der Waals surface area contributed by atoms with Crippen LogP contribution in [0, 0.1) is 0 Å². The van der Waals surface area contributed by atoms with Crippen molar-refractivity contribution in [1.29, 1.82) is 0 Å². The number of fused-ring (bicyclic) bond motifs is 1. The van der Waals surface area contributed by atoms with Gasteiger partial charge in [-0.05, 0) is 25.0 Å². The number of rotatable bonds is 3. The minimum Gasteiger partial charge on any atom is -0.381 e. The third-order valence-electron chi connectivity index (χ3n) is 5.51. The number of anilines is 2. The summed E-state index contributed by atoms with van der Waals surface area (Å²) in [5.41, 5.74) is 3.57. The molecule has 0 bridgehead atoms. The van der Waals surface area contributed by atoms with Gasteiger partial charge in [0.15, 0.2) is 5.82 Å². The average molecular weight is 354 g/mol. The number of benzene rings is 1. The van der Waals surface area contributed by atoms with Crippen molar-refractivity contribution in [1.82, 2.24) is 14.7 Å². The summed E-state index contributed by atoms with van der Waals surface area (Å²) in [5, 5.41) is 5.03. The normalized spacial score (nSPS) is 17.8. The molecule has 1 fully saturated rings. The molecule has 6 nitrogen and oxygen atoms in total. The molecule has 3 heterocycles. The van der Waals surface area contributed by atoms with Crippen molar-refractivity contribution in [2.24, 2.45) is 0 Å². The van der Waals surface area contributed by atoms with Gasteiger partial charge < -0.3 is 14.5 Å². The first kappa shape index (κ1) is 17.1. The minimum absolute atomic E-state index is 0.128. The number of hydrogen-bond donors (Lipinski definition) is 0. The molecule has 1 saturated heterocycles. The van der Waals surface area contributed by atoms with Crippen molar-refractivity contribution in [3.8, 4) is 0 Å². The highest BCUT2D eigenvalue weighted by atomic mass is 16.5. The molecular formula is C20H26N4O2. The van der Waals surface area contributed by atoms with Crippen molar-refractivity contribution in [2.45, 2.75) is 38.8 Å². The summed E-state index contributed by atoms with van der Waals surface area (Å²) in [4.78, 5) is 16.0. The highest BCUT2D eigenvalue weighted by Gasteiger charge is 2.31. The van der Waals surface area contributed by atoms with E-state index in [0.717, 1.165) is 50.5 Å². The third kappa shape index (κ3) is 3.09. The molecule has 2 aliphatic heterocycles. The van der Waals surface area contributed by atoms with Crippen LogP contribution in [0.3, 0.4) is 0 Å². The van der Waals surface area contributed by atoms with Gasteiger partial charge in [0.2, 0.25) is 5.91 Å². The number of hydrogen-bond acceptors (Lipinski definition) is 4. The maximum absolute atomic E-state index is 11.9. The Morgan fingerprint density at radius 2 is 1.96 bits per heavy atom. The van der Waals surface area contributed by atoms with E-state index in [4.69, 9.17) is 9.84 Å². The van der Waals surface area contributed by atoms with Crippen molar-refractivity contribution < 1.29 is 9.53 Å². The fourth-order valence-electron chi connectivity index (χ4n) is 3.97. The van der Waals surface area contributed by atoms with Gasteiger partial charge in [0.25, 0.3) is 0 Å². The van der Waals surface area contributed by atoms with Crippen LogP contribution in [-0.2, 0) is 22.5 Å². The van der Waals surface area contributed by atoms with E-state index in [0.29, 0.717) is 12.6 Å². The lowest BCUT2D eigenvalue weighted by molar-refractivity contribution is -0.129. The summed E-state index contributed by atoms with van der Waals surface area (Å²) in [6.07, 6.45) is 2.86. The second kappa shape index (κ2) is 7.11. The first-order chi connectivity index (χ1) is 12.6. The lowest BCUT2D eigenvalue weighted by atomic mass is 10.0. The zero-order valence-corrected chi connectivity index (χ0v) is 15.5. The Hall–Kier alpha value is -2.34. The summed E-state index contributed by atoms with van der Waals surface area (Å²) >= 11 is 0. The Balaban J connectivity index is 1.75. The molecule has 6 heteroatoms. The number of carbonyl (C=O) groups excluding carboxylic acids is 1. The van der Waals surface area contributed by atoms with E-state index in [1.54, 1.807) is 6.92 Å². The van der Waals surface area contributed by atoms with Gasteiger partial charge in [0, 0.05) is 57.1 Å². The number of ether oxygens (including phenoxy) is 1. The van der Waals surface area contributed by atoms with Crippen LogP contribution < -0.4 is 4.90 Å². The van der Waals surface area contributed by atoms with Crippen molar-refractivity contribution >= 4 is 17.4 Å². The minimum atomic E-state index is 0.128. The second-order valence-electron chi connectivity index (χ2n) is 7.12. The van der Waals surface area contributed by atoms with Crippen LogP contribution in [0.2, 0.25) is 0 Å². The Bertz CT molecular complexity index is 781. The number of aromatic nitrogens is 2. The maximum atomic E-state index is 11.9. The van der Waals surface area contributed by atoms with Crippen LogP contribution >= 0.6 is 0 Å². The molecule has 0 atom stereocenters. The van der Waals surface area contributed by atoms with Gasteiger partial charge in [-0.15, -0.1) is 0 Å². The first-order valence-electron chi connectivity index (χ1n) is 9.37. The zero-order chi connectivity index (χ0) is 18.1. The first-order valence-corrected chi connectivity index (χ1v) is 9.37. The summed E-state index contributed by atoms with van der Waals surface area (Å²) in [7, 11) is 2.05. The maximum Gasteiger partial charge on any atom is 0.219 e. The Morgan fingerprint density at radius 3 is 2.65 bits per heavy atom. The fraction of sp³-hybridized carbons (Fsp3) is 0.500. The highest BCUT2D eigenvalue weighted by Crippen LogP contribution is 2.35. The van der Waals surface area contributed by atoms with E-state index >= 15 is 0 Å². The number of para-hydroxylation sites is 1. The number of amides is 1. The molecule has 0 unspecified atom stereocenters. The smallest absolute Gasteiger partial charge is 0.219 e. The molecule has 0 N–H and O–H groups in total. The number of nitrogens with zero attached hydrogens (tertiary/aromatic N) is 4. The molecule has 138 valence electrons. The zero-order valence-electron chi connectivity index (χ0n) is 15.5. The quantitative estimate of drug-likeness (QED) is 0.850. The summed E-state index contributed by atoms with van der Waals surface area (Å²) < 4.78 is 7.76. The van der Waals surface area contributed by atoms with Gasteiger partial charge in [-0.2, -0.15) is 5.10 Å². The molecule has 1 aromatic heterocycles. The Labute approximate surface area is 154 Å². The topological polar surface area (TPSA) is 50.6 Å². The van der Waals surface area contributed by atoms with Gasteiger partial charge >= 0.3 is 0 Å². The van der Waals surface area contributed by atoms with Gasteiger partial charge in [0.05, 0.1) is 12.6 Å². The Morgan fingerprint density at radius 1 is 1.23 bits per heavy atom. The Kier molecular flexibility index (Phi) is 4.68. The van der Waals surface area contributed by atoms with Gasteiger partial charge in [-0.3, -0.25) is 9.48 Å². The van der Waals surface area contributed by atoms with E-state index in [1.165, 1.54) is 11.3 Å². The van der Waals surface area contributed by atoms with Crippen LogP contribution in [0.1, 0.15) is 37.1 Å². The van der Waals surface area contributed by atoms with E-state index in [9.17, 15) is 4.79 Å². The molecule has 0 saturated carbocycles. The van der Waals surface area contributed by atoms with E-state index < -0.39 is 0 Å². The van der Waals surface area contributed by atoms with Gasteiger partial charge in [-0.1, -0.05) is 18.2 Å². The fourth-order valence-corrected chi connectivity index (χ4v) is 3.97. The van der Waals surface area contributed by atoms with Crippen molar-refractivity contribution in [2.75, 3.05) is 31.7 Å². The van der Waals surface area contributed by atoms with E-state index in [-0.39, 0.29) is 5.91 Å². The number of carbonyl (C=O) groups is 1.